The Hall–Kier alpha value is 1.75. The van der Waals surface area contributed by atoms with Gasteiger partial charge < -0.3 is 23.7 Å². The number of carbonyl (C=O) groups excluding carboxylic acids is 1. The molecule has 0 aromatic rings. The zero-order chi connectivity index (χ0) is 22.4. The van der Waals surface area contributed by atoms with Gasteiger partial charge in [-0.3, -0.25) is 17.6 Å². The molecule has 5 rings (SSSR count). The van der Waals surface area contributed by atoms with Crippen molar-refractivity contribution in [3.63, 3.8) is 0 Å². The standard InChI is InChI=1S/C29H43O2.CH3.V.W.Y/c1-19-20-9-12-28(6)24(26(20,4)11-10-23(19)31)8-7-21-22-17-25(2,3)13-15-29(22,18-30)16-14-27(21,28)5;;;;/h7,16,20,22-24,31H,8-15,17H2,1-6H3;1H3;;;/q-3;-1;;;/t20-,22?,23-,24?,26?,27+,28-,29?;;;;/m0..../s1. The van der Waals surface area contributed by atoms with E-state index in [1.807, 2.05) is 0 Å². The summed E-state index contributed by atoms with van der Waals surface area (Å²) in [6, 6.07) is 0. The molecule has 8 atom stereocenters. The van der Waals surface area contributed by atoms with Gasteiger partial charge in [0.25, 0.3) is 0 Å². The molecular weight excluding hydrogens is 716 g/mol. The average Bonchev–Trinajstić information content (AvgIpc) is 2.71. The molecule has 0 amide bonds. The van der Waals surface area contributed by atoms with Gasteiger partial charge in [-0.1, -0.05) is 89.4 Å². The van der Waals surface area contributed by atoms with Crippen LogP contribution >= 0.6 is 0 Å². The molecule has 5 heteroatoms. The van der Waals surface area contributed by atoms with Gasteiger partial charge >= 0.3 is 0 Å². The third-order valence-electron chi connectivity index (χ3n) is 11.9. The van der Waals surface area contributed by atoms with Crippen LogP contribution in [0.3, 0.4) is 0 Å². The minimum Gasteiger partial charge on any atom is -0.544 e. The molecule has 0 saturated heterocycles. The fraction of sp³-hybridized carbons (Fsp3) is 0.800. The molecule has 0 spiro atoms. The number of fused-ring (bicyclic) bond motifs is 7. The molecule has 1 N–H and O–H groups in total. The molecule has 2 nitrogen and oxygen atoms in total. The second-order valence-corrected chi connectivity index (χ2v) is 13.6. The summed E-state index contributed by atoms with van der Waals surface area (Å²) < 4.78 is 0. The van der Waals surface area contributed by atoms with E-state index in [-0.39, 0.29) is 108 Å². The van der Waals surface area contributed by atoms with Crippen molar-refractivity contribution in [2.24, 2.45) is 44.8 Å². The SMILES string of the molecule is C[C-]1[C@@H](O)CCC2(C)C3CC=C4C5CC(C)(C)CCC5([C-]=O)[CH-]C[C@@]4(C)[C@@]3(C)CC[C@@H]12.[CH3-].[V].[W].[Y]. The average molecular weight is 762 g/mol. The molecular formula is C30H46O2VWY-4. The Morgan fingerprint density at radius 3 is 2.37 bits per heavy atom. The van der Waals surface area contributed by atoms with Crippen molar-refractivity contribution < 1.29 is 82.2 Å². The quantitative estimate of drug-likeness (QED) is 0.229. The molecule has 0 aromatic heterocycles. The van der Waals surface area contributed by atoms with E-state index in [2.05, 4.69) is 60.3 Å². The Kier molecular flexibility index (Phi) is 11.2. The summed E-state index contributed by atoms with van der Waals surface area (Å²) >= 11 is 0. The maximum absolute atomic E-state index is 12.4. The zero-order valence-corrected chi connectivity index (χ0v) is 30.3. The largest absolute Gasteiger partial charge is 0.544 e. The predicted molar refractivity (Wildman–Crippen MR) is 132 cm³/mol. The smallest absolute Gasteiger partial charge is 0 e. The van der Waals surface area contributed by atoms with Crippen LogP contribution in [0.25, 0.3) is 0 Å². The van der Waals surface area contributed by atoms with Crippen molar-refractivity contribution in [1.29, 1.82) is 0 Å². The summed E-state index contributed by atoms with van der Waals surface area (Å²) in [4.78, 5) is 12.4. The van der Waals surface area contributed by atoms with Gasteiger partial charge in [0.2, 0.25) is 0 Å². The van der Waals surface area contributed by atoms with Gasteiger partial charge in [0.05, 0.1) is 0 Å². The first-order valence-electron chi connectivity index (χ1n) is 12.9. The van der Waals surface area contributed by atoms with E-state index in [9.17, 15) is 9.90 Å². The molecule has 0 aromatic carbocycles. The number of hydrogen-bond donors (Lipinski definition) is 1. The fourth-order valence-electron chi connectivity index (χ4n) is 9.53. The Balaban J connectivity index is 0.00000153. The first-order valence-corrected chi connectivity index (χ1v) is 12.9. The summed E-state index contributed by atoms with van der Waals surface area (Å²) in [7, 11) is 0. The first-order chi connectivity index (χ1) is 14.4. The van der Waals surface area contributed by atoms with Gasteiger partial charge in [0.15, 0.2) is 0 Å². The topological polar surface area (TPSA) is 37.3 Å². The Morgan fingerprint density at radius 1 is 1.09 bits per heavy atom. The number of rotatable bonds is 1. The van der Waals surface area contributed by atoms with Crippen LogP contribution in [0.1, 0.15) is 99.3 Å². The van der Waals surface area contributed by atoms with Crippen LogP contribution in [-0.2, 0) is 77.1 Å². The summed E-state index contributed by atoms with van der Waals surface area (Å²) in [6.45, 7) is 14.7. The zero-order valence-electron chi connectivity index (χ0n) is 23.1. The van der Waals surface area contributed by atoms with Crippen LogP contribution in [0.2, 0.25) is 0 Å². The normalized spacial score (nSPS) is 47.8. The maximum Gasteiger partial charge on any atom is 0 e. The second kappa shape index (κ2) is 11.3. The van der Waals surface area contributed by atoms with Crippen molar-refractivity contribution in [1.82, 2.24) is 0 Å². The molecule has 0 bridgehead atoms. The summed E-state index contributed by atoms with van der Waals surface area (Å²) in [5.74, 6) is 2.87. The van der Waals surface area contributed by atoms with E-state index >= 15 is 0 Å². The Labute approximate surface area is 267 Å². The fourth-order valence-corrected chi connectivity index (χ4v) is 9.53. The van der Waals surface area contributed by atoms with Gasteiger partial charge in [-0.2, -0.15) is 19.3 Å². The predicted octanol–water partition coefficient (Wildman–Crippen LogP) is 7.08. The first kappa shape index (κ1) is 34.8. The van der Waals surface area contributed by atoms with Crippen molar-refractivity contribution in [2.75, 3.05) is 0 Å². The third-order valence-corrected chi connectivity index (χ3v) is 11.9. The van der Waals surface area contributed by atoms with Crippen LogP contribution in [-0.4, -0.2) is 17.5 Å². The maximum atomic E-state index is 12.4. The van der Waals surface area contributed by atoms with Gasteiger partial charge in [0.1, 0.15) is 0 Å². The Bertz CT molecular complexity index is 816. The van der Waals surface area contributed by atoms with E-state index in [1.54, 1.807) is 5.57 Å². The second-order valence-electron chi connectivity index (χ2n) is 13.6. The summed E-state index contributed by atoms with van der Waals surface area (Å²) in [5.41, 5.74) is 2.20. The third kappa shape index (κ3) is 4.84. The molecule has 5 aliphatic rings. The van der Waals surface area contributed by atoms with E-state index in [0.29, 0.717) is 23.2 Å². The molecule has 196 valence electrons. The molecule has 0 aliphatic heterocycles. The molecule has 4 fully saturated rings. The van der Waals surface area contributed by atoms with E-state index < -0.39 is 0 Å². The van der Waals surface area contributed by atoms with Crippen molar-refractivity contribution in [3.8, 4) is 0 Å². The van der Waals surface area contributed by atoms with E-state index in [0.717, 1.165) is 44.9 Å². The minimum absolute atomic E-state index is 0. The Morgan fingerprint density at radius 2 is 1.74 bits per heavy atom. The number of aliphatic hydroxyl groups is 1. The number of allylic oxidation sites excluding steroid dienone is 2. The van der Waals surface area contributed by atoms with Gasteiger partial charge in [-0.25, -0.2) is 0 Å². The van der Waals surface area contributed by atoms with Gasteiger partial charge in [-0.15, -0.1) is 0 Å². The van der Waals surface area contributed by atoms with Crippen LogP contribution in [0.4, 0.5) is 0 Å². The van der Waals surface area contributed by atoms with Crippen LogP contribution < -0.4 is 0 Å². The monoisotopic (exact) mass is 762 g/mol. The van der Waals surface area contributed by atoms with Crippen LogP contribution in [0, 0.1) is 64.6 Å². The van der Waals surface area contributed by atoms with Crippen molar-refractivity contribution in [3.05, 3.63) is 31.4 Å². The molecule has 4 saturated carbocycles. The number of aliphatic hydroxyl groups excluding tert-OH is 1. The van der Waals surface area contributed by atoms with Crippen LogP contribution in [0.5, 0.6) is 0 Å². The summed E-state index contributed by atoms with van der Waals surface area (Å²) in [5, 5.41) is 10.6. The van der Waals surface area contributed by atoms with E-state index in [4.69, 9.17) is 0 Å². The molecule has 5 aliphatic carbocycles. The van der Waals surface area contributed by atoms with Gasteiger partial charge in [-0.05, 0) is 47.8 Å². The number of hydrogen-bond acceptors (Lipinski definition) is 2. The molecule has 4 unspecified atom stereocenters. The molecule has 0 heterocycles. The molecule has 35 heavy (non-hydrogen) atoms. The minimum atomic E-state index is -0.357. The van der Waals surface area contributed by atoms with Gasteiger partial charge in [0, 0.05) is 72.3 Å². The van der Waals surface area contributed by atoms with Crippen LogP contribution in [0.15, 0.2) is 11.6 Å². The van der Waals surface area contributed by atoms with Crippen molar-refractivity contribution >= 4 is 6.29 Å². The summed E-state index contributed by atoms with van der Waals surface area (Å²) in [6.07, 6.45) is 17.3. The molecule has 2 radical (unpaired) electrons. The van der Waals surface area contributed by atoms with Crippen molar-refractivity contribution in [2.45, 2.75) is 105 Å². The van der Waals surface area contributed by atoms with E-state index in [1.165, 1.54) is 18.8 Å².